The van der Waals surface area contributed by atoms with Crippen molar-refractivity contribution in [2.75, 3.05) is 33.4 Å². The molecule has 0 radical (unpaired) electrons. The van der Waals surface area contributed by atoms with E-state index in [1.807, 2.05) is 0 Å². The largest absolute Gasteiger partial charge is 0.378 e. The van der Waals surface area contributed by atoms with Gasteiger partial charge >= 0.3 is 0 Å². The van der Waals surface area contributed by atoms with E-state index in [4.69, 9.17) is 10.5 Å². The van der Waals surface area contributed by atoms with E-state index in [-0.39, 0.29) is 5.54 Å². The molecule has 82 valence electrons. The maximum absolute atomic E-state index is 5.99. The summed E-state index contributed by atoms with van der Waals surface area (Å²) in [4.78, 5) is 2.44. The molecule has 0 amide bonds. The number of nitrogens with two attached hydrogens (primary N) is 1. The number of morpholine rings is 1. The van der Waals surface area contributed by atoms with Gasteiger partial charge in [-0.2, -0.15) is 0 Å². The molecule has 1 heterocycles. The van der Waals surface area contributed by atoms with Crippen LogP contribution in [-0.4, -0.2) is 43.8 Å². The zero-order valence-corrected chi connectivity index (χ0v) is 9.17. The van der Waals surface area contributed by atoms with Crippen LogP contribution in [0.2, 0.25) is 0 Å². The zero-order chi connectivity index (χ0) is 10.0. The summed E-state index contributed by atoms with van der Waals surface area (Å²) in [6.45, 7) is 3.48. The highest BCUT2D eigenvalue weighted by Gasteiger charge is 2.44. The van der Waals surface area contributed by atoms with Gasteiger partial charge in [-0.05, 0) is 25.8 Å². The Bertz CT molecular complexity index is 192. The summed E-state index contributed by atoms with van der Waals surface area (Å²) < 4.78 is 5.64. The monoisotopic (exact) mass is 198 g/mol. The van der Waals surface area contributed by atoms with Gasteiger partial charge in [0.15, 0.2) is 0 Å². The zero-order valence-electron chi connectivity index (χ0n) is 9.17. The Morgan fingerprint density at radius 1 is 1.43 bits per heavy atom. The van der Waals surface area contributed by atoms with Crippen LogP contribution in [0.5, 0.6) is 0 Å². The lowest BCUT2D eigenvalue weighted by Gasteiger charge is -2.48. The summed E-state index contributed by atoms with van der Waals surface area (Å²) in [5.74, 6) is 0.762. The van der Waals surface area contributed by atoms with Crippen molar-refractivity contribution in [2.24, 2.45) is 11.7 Å². The Labute approximate surface area is 86.6 Å². The van der Waals surface area contributed by atoms with Gasteiger partial charge in [-0.25, -0.2) is 0 Å². The molecule has 1 saturated heterocycles. The van der Waals surface area contributed by atoms with E-state index in [1.54, 1.807) is 0 Å². The molecule has 2 rings (SSSR count). The van der Waals surface area contributed by atoms with E-state index in [9.17, 15) is 0 Å². The van der Waals surface area contributed by atoms with Crippen molar-refractivity contribution in [3.05, 3.63) is 0 Å². The Hall–Kier alpha value is -0.120. The fourth-order valence-electron chi connectivity index (χ4n) is 3.06. The fourth-order valence-corrected chi connectivity index (χ4v) is 3.06. The summed E-state index contributed by atoms with van der Waals surface area (Å²) in [6.07, 6.45) is 5.43. The van der Waals surface area contributed by atoms with Gasteiger partial charge in [0, 0.05) is 13.1 Å². The lowest BCUT2D eigenvalue weighted by Crippen LogP contribution is -2.63. The summed E-state index contributed by atoms with van der Waals surface area (Å²) in [6, 6.07) is 0. The minimum absolute atomic E-state index is 0.148. The predicted molar refractivity (Wildman–Crippen MR) is 57.2 cm³/mol. The lowest BCUT2D eigenvalue weighted by atomic mass is 9.81. The van der Waals surface area contributed by atoms with Crippen molar-refractivity contribution >= 4 is 0 Å². The number of rotatable bonds is 2. The molecule has 1 atom stereocenters. The van der Waals surface area contributed by atoms with Gasteiger partial charge in [-0.1, -0.05) is 12.8 Å². The second-order valence-electron chi connectivity index (χ2n) is 4.76. The molecule has 1 aliphatic heterocycles. The SMILES string of the molecule is CN1CCOCC1(CN)C1CCCC1. The van der Waals surface area contributed by atoms with E-state index in [2.05, 4.69) is 11.9 Å². The second-order valence-corrected chi connectivity index (χ2v) is 4.76. The first kappa shape index (κ1) is 10.4. The van der Waals surface area contributed by atoms with Gasteiger partial charge in [0.2, 0.25) is 0 Å². The first-order chi connectivity index (χ1) is 6.79. The maximum Gasteiger partial charge on any atom is 0.0666 e. The van der Waals surface area contributed by atoms with Crippen LogP contribution in [0.25, 0.3) is 0 Å². The normalized spacial score (nSPS) is 36.4. The van der Waals surface area contributed by atoms with Crippen molar-refractivity contribution in [2.45, 2.75) is 31.2 Å². The second kappa shape index (κ2) is 4.17. The van der Waals surface area contributed by atoms with Crippen LogP contribution in [0.1, 0.15) is 25.7 Å². The number of hydrogen-bond acceptors (Lipinski definition) is 3. The number of likely N-dealkylation sites (N-methyl/N-ethyl adjacent to an activating group) is 1. The standard InChI is InChI=1S/C11H22N2O/c1-13-6-7-14-9-11(13,8-12)10-4-2-3-5-10/h10H,2-9,12H2,1H3. The minimum atomic E-state index is 0.148. The molecule has 0 aromatic rings. The molecule has 14 heavy (non-hydrogen) atoms. The molecular weight excluding hydrogens is 176 g/mol. The van der Waals surface area contributed by atoms with Crippen molar-refractivity contribution in [3.8, 4) is 0 Å². The van der Waals surface area contributed by atoms with Gasteiger partial charge in [-0.15, -0.1) is 0 Å². The molecular formula is C11H22N2O. The van der Waals surface area contributed by atoms with Crippen LogP contribution in [0.15, 0.2) is 0 Å². The fraction of sp³-hybridized carbons (Fsp3) is 1.00. The maximum atomic E-state index is 5.99. The van der Waals surface area contributed by atoms with Crippen molar-refractivity contribution in [1.29, 1.82) is 0 Å². The van der Waals surface area contributed by atoms with Crippen LogP contribution in [0.4, 0.5) is 0 Å². The van der Waals surface area contributed by atoms with Crippen molar-refractivity contribution in [3.63, 3.8) is 0 Å². The molecule has 1 saturated carbocycles. The number of ether oxygens (including phenoxy) is 1. The third kappa shape index (κ3) is 1.58. The summed E-state index contributed by atoms with van der Waals surface area (Å²) >= 11 is 0. The summed E-state index contributed by atoms with van der Waals surface area (Å²) in [7, 11) is 2.20. The average molecular weight is 198 g/mol. The predicted octanol–water partition coefficient (Wildman–Crippen LogP) is 0.836. The summed E-state index contributed by atoms with van der Waals surface area (Å²) in [5.41, 5.74) is 6.13. The third-order valence-corrected chi connectivity index (χ3v) is 4.15. The number of hydrogen-bond donors (Lipinski definition) is 1. The molecule has 1 aliphatic carbocycles. The lowest BCUT2D eigenvalue weighted by molar-refractivity contribution is -0.0793. The Morgan fingerprint density at radius 3 is 2.71 bits per heavy atom. The van der Waals surface area contributed by atoms with Crippen molar-refractivity contribution < 1.29 is 4.74 Å². The molecule has 0 bridgehead atoms. The van der Waals surface area contributed by atoms with Crippen LogP contribution >= 0.6 is 0 Å². The van der Waals surface area contributed by atoms with E-state index >= 15 is 0 Å². The highest BCUT2D eigenvalue weighted by molar-refractivity contribution is 4.99. The molecule has 2 N–H and O–H groups in total. The van der Waals surface area contributed by atoms with Crippen LogP contribution in [-0.2, 0) is 4.74 Å². The first-order valence-corrected chi connectivity index (χ1v) is 5.78. The van der Waals surface area contributed by atoms with Gasteiger partial charge in [0.25, 0.3) is 0 Å². The quantitative estimate of drug-likeness (QED) is 0.714. The third-order valence-electron chi connectivity index (χ3n) is 4.15. The van der Waals surface area contributed by atoms with Crippen LogP contribution in [0.3, 0.4) is 0 Å². The van der Waals surface area contributed by atoms with E-state index in [0.717, 1.165) is 32.2 Å². The van der Waals surface area contributed by atoms with Crippen molar-refractivity contribution in [1.82, 2.24) is 4.90 Å². The topological polar surface area (TPSA) is 38.5 Å². The molecule has 0 spiro atoms. The van der Waals surface area contributed by atoms with Gasteiger partial charge < -0.3 is 10.5 Å². The summed E-state index contributed by atoms with van der Waals surface area (Å²) in [5, 5.41) is 0. The van der Waals surface area contributed by atoms with Crippen LogP contribution < -0.4 is 5.73 Å². The average Bonchev–Trinajstić information content (AvgIpc) is 2.72. The molecule has 2 fully saturated rings. The van der Waals surface area contributed by atoms with E-state index in [0.29, 0.717) is 0 Å². The van der Waals surface area contributed by atoms with E-state index in [1.165, 1.54) is 25.7 Å². The highest BCUT2D eigenvalue weighted by atomic mass is 16.5. The molecule has 0 aromatic heterocycles. The molecule has 0 aromatic carbocycles. The Morgan fingerprint density at radius 2 is 2.14 bits per heavy atom. The number of nitrogens with zero attached hydrogens (tertiary/aromatic N) is 1. The Kier molecular flexibility index (Phi) is 3.10. The molecule has 3 heteroatoms. The molecule has 2 aliphatic rings. The molecule has 1 unspecified atom stereocenters. The van der Waals surface area contributed by atoms with E-state index < -0.39 is 0 Å². The van der Waals surface area contributed by atoms with Gasteiger partial charge in [-0.3, -0.25) is 4.90 Å². The van der Waals surface area contributed by atoms with Gasteiger partial charge in [0.05, 0.1) is 18.8 Å². The smallest absolute Gasteiger partial charge is 0.0666 e. The highest BCUT2D eigenvalue weighted by Crippen LogP contribution is 2.38. The van der Waals surface area contributed by atoms with Crippen LogP contribution in [0, 0.1) is 5.92 Å². The first-order valence-electron chi connectivity index (χ1n) is 5.78. The van der Waals surface area contributed by atoms with Gasteiger partial charge in [0.1, 0.15) is 0 Å². The Balaban J connectivity index is 2.12. The molecule has 3 nitrogen and oxygen atoms in total. The minimum Gasteiger partial charge on any atom is -0.378 e.